The second-order valence-corrected chi connectivity index (χ2v) is 16.4. The van der Waals surface area contributed by atoms with Crippen molar-refractivity contribution >= 4 is 19.8 Å². The van der Waals surface area contributed by atoms with Gasteiger partial charge in [-0.05, 0) is 44.9 Å². The number of hydrogen-bond acceptors (Lipinski definition) is 7. The van der Waals surface area contributed by atoms with Crippen LogP contribution in [0, 0.1) is 0 Å². The number of unbranched alkanes of at least 4 members (excludes halogenated alkanes) is 24. The second-order valence-electron chi connectivity index (χ2n) is 14.8. The molecule has 0 aliphatic heterocycles. The molecular formula is C45H83O8P. The molecule has 0 aromatic heterocycles. The molecule has 9 heteroatoms. The maximum absolute atomic E-state index is 12.5. The van der Waals surface area contributed by atoms with Crippen molar-refractivity contribution in [2.24, 2.45) is 0 Å². The van der Waals surface area contributed by atoms with Crippen molar-refractivity contribution in [2.75, 3.05) is 20.3 Å². The predicted octanol–water partition coefficient (Wildman–Crippen LogP) is 14.0. The molecule has 0 fully saturated rings. The SMILES string of the molecule is CC/C=C\C/C=C\C/C=C\CCCCCC(=O)OC(COC(=O)CCCCCCCCCCCCCCCCCCCCCCCC)COP(=O)(O)OC. The smallest absolute Gasteiger partial charge is 0.462 e. The molecule has 0 aromatic rings. The molecule has 0 rings (SSSR count). The number of esters is 2. The Balaban J connectivity index is 3.91. The fourth-order valence-corrected chi connectivity index (χ4v) is 6.72. The normalized spacial score (nSPS) is 13.6. The van der Waals surface area contributed by atoms with E-state index >= 15 is 0 Å². The highest BCUT2D eigenvalue weighted by atomic mass is 31.2. The van der Waals surface area contributed by atoms with E-state index in [4.69, 9.17) is 14.0 Å². The third kappa shape index (κ3) is 39.9. The Labute approximate surface area is 332 Å². The van der Waals surface area contributed by atoms with Gasteiger partial charge in [-0.15, -0.1) is 0 Å². The first-order valence-electron chi connectivity index (χ1n) is 22.2. The molecule has 0 saturated carbocycles. The average molecular weight is 783 g/mol. The lowest BCUT2D eigenvalue weighted by Gasteiger charge is -2.19. The Morgan fingerprint density at radius 1 is 0.537 bits per heavy atom. The summed E-state index contributed by atoms with van der Waals surface area (Å²) in [6, 6.07) is 0. The van der Waals surface area contributed by atoms with Crippen LogP contribution in [0.2, 0.25) is 0 Å². The van der Waals surface area contributed by atoms with Gasteiger partial charge < -0.3 is 14.4 Å². The van der Waals surface area contributed by atoms with Crippen molar-refractivity contribution < 1.29 is 37.6 Å². The summed E-state index contributed by atoms with van der Waals surface area (Å²) < 4.78 is 31.9. The molecule has 0 aliphatic rings. The van der Waals surface area contributed by atoms with Gasteiger partial charge in [0.1, 0.15) is 6.61 Å². The van der Waals surface area contributed by atoms with Gasteiger partial charge in [0.2, 0.25) is 0 Å². The molecule has 0 aliphatic carbocycles. The molecule has 316 valence electrons. The van der Waals surface area contributed by atoms with Crippen LogP contribution in [-0.4, -0.2) is 43.3 Å². The maximum atomic E-state index is 12.5. The second kappa shape index (κ2) is 40.9. The van der Waals surface area contributed by atoms with Gasteiger partial charge in [-0.2, -0.15) is 0 Å². The molecule has 0 heterocycles. The van der Waals surface area contributed by atoms with Crippen molar-refractivity contribution in [3.8, 4) is 0 Å². The van der Waals surface area contributed by atoms with Crippen LogP contribution in [0.15, 0.2) is 36.5 Å². The van der Waals surface area contributed by atoms with Gasteiger partial charge in [-0.3, -0.25) is 18.6 Å². The molecule has 1 N–H and O–H groups in total. The van der Waals surface area contributed by atoms with Gasteiger partial charge in [-0.25, -0.2) is 4.57 Å². The fraction of sp³-hybridized carbons (Fsp3) is 0.822. The van der Waals surface area contributed by atoms with Crippen molar-refractivity contribution in [3.63, 3.8) is 0 Å². The first-order valence-corrected chi connectivity index (χ1v) is 23.7. The first-order chi connectivity index (χ1) is 26.3. The Morgan fingerprint density at radius 2 is 0.944 bits per heavy atom. The third-order valence-electron chi connectivity index (χ3n) is 9.65. The zero-order valence-electron chi connectivity index (χ0n) is 35.1. The van der Waals surface area contributed by atoms with Crippen LogP contribution >= 0.6 is 7.82 Å². The van der Waals surface area contributed by atoms with Crippen LogP contribution in [0.5, 0.6) is 0 Å². The summed E-state index contributed by atoms with van der Waals surface area (Å²) in [6.45, 7) is 3.77. The lowest BCUT2D eigenvalue weighted by atomic mass is 10.0. The molecule has 54 heavy (non-hydrogen) atoms. The minimum atomic E-state index is -4.27. The summed E-state index contributed by atoms with van der Waals surface area (Å²) in [5.74, 6) is -0.831. The van der Waals surface area contributed by atoms with E-state index in [1.54, 1.807) is 0 Å². The quantitative estimate of drug-likeness (QED) is 0.0283. The van der Waals surface area contributed by atoms with Crippen molar-refractivity contribution in [1.82, 2.24) is 0 Å². The standard InChI is InChI=1S/C45H83O8P/c1-4-6-8-10-12-14-16-18-19-20-21-22-23-24-25-26-28-29-31-33-35-37-39-44(46)51-41-43(42-52-54(48,49)50-3)53-45(47)40-38-36-34-32-30-27-17-15-13-11-9-7-5-2/h7,9,13,15,27,30,43H,4-6,8,10-12,14,16-26,28-29,31-42H2,1-3H3,(H,48,49)/b9-7-,15-13-,30-27-. The molecular weight excluding hydrogens is 699 g/mol. The van der Waals surface area contributed by atoms with E-state index in [0.29, 0.717) is 6.42 Å². The summed E-state index contributed by atoms with van der Waals surface area (Å²) in [6.07, 6.45) is 47.9. The maximum Gasteiger partial charge on any atom is 0.472 e. The minimum absolute atomic E-state index is 0.211. The lowest BCUT2D eigenvalue weighted by Crippen LogP contribution is -2.29. The largest absolute Gasteiger partial charge is 0.472 e. The van der Waals surface area contributed by atoms with Crippen LogP contribution < -0.4 is 0 Å². The van der Waals surface area contributed by atoms with Crippen LogP contribution in [0.3, 0.4) is 0 Å². The zero-order valence-corrected chi connectivity index (χ0v) is 36.0. The van der Waals surface area contributed by atoms with E-state index in [-0.39, 0.29) is 25.4 Å². The number of rotatable bonds is 41. The van der Waals surface area contributed by atoms with Crippen LogP contribution in [0.4, 0.5) is 0 Å². The lowest BCUT2D eigenvalue weighted by molar-refractivity contribution is -0.161. The summed E-state index contributed by atoms with van der Waals surface area (Å²) >= 11 is 0. The monoisotopic (exact) mass is 783 g/mol. The molecule has 2 unspecified atom stereocenters. The highest BCUT2D eigenvalue weighted by Crippen LogP contribution is 2.42. The summed E-state index contributed by atoms with van der Waals surface area (Å²) in [5.41, 5.74) is 0. The Bertz CT molecular complexity index is 979. The Morgan fingerprint density at radius 3 is 1.41 bits per heavy atom. The van der Waals surface area contributed by atoms with E-state index in [2.05, 4.69) is 54.8 Å². The molecule has 0 spiro atoms. The molecule has 0 aromatic carbocycles. The van der Waals surface area contributed by atoms with Crippen LogP contribution in [-0.2, 0) is 32.7 Å². The van der Waals surface area contributed by atoms with Crippen molar-refractivity contribution in [2.45, 2.75) is 219 Å². The number of allylic oxidation sites excluding steroid dienone is 6. The molecule has 0 amide bonds. The topological polar surface area (TPSA) is 108 Å². The Kier molecular flexibility index (Phi) is 39.6. The van der Waals surface area contributed by atoms with Gasteiger partial charge in [-0.1, -0.05) is 192 Å². The summed E-state index contributed by atoms with van der Waals surface area (Å²) in [4.78, 5) is 34.4. The van der Waals surface area contributed by atoms with E-state index < -0.39 is 26.5 Å². The number of ether oxygens (including phenoxy) is 2. The highest BCUT2D eigenvalue weighted by Gasteiger charge is 2.24. The first kappa shape index (κ1) is 52.3. The summed E-state index contributed by atoms with van der Waals surface area (Å²) in [5, 5.41) is 0. The van der Waals surface area contributed by atoms with Crippen LogP contribution in [0.1, 0.15) is 213 Å². The minimum Gasteiger partial charge on any atom is -0.462 e. The van der Waals surface area contributed by atoms with Crippen LogP contribution in [0.25, 0.3) is 0 Å². The highest BCUT2D eigenvalue weighted by molar-refractivity contribution is 7.47. The predicted molar refractivity (Wildman–Crippen MR) is 226 cm³/mol. The third-order valence-corrected chi connectivity index (χ3v) is 10.6. The molecule has 0 radical (unpaired) electrons. The molecule has 0 bridgehead atoms. The van der Waals surface area contributed by atoms with Gasteiger partial charge in [0.25, 0.3) is 0 Å². The van der Waals surface area contributed by atoms with Gasteiger partial charge >= 0.3 is 19.8 Å². The number of carbonyl (C=O) groups excluding carboxylic acids is 2. The molecule has 8 nitrogen and oxygen atoms in total. The zero-order chi connectivity index (χ0) is 39.6. The number of phosphoric acid groups is 1. The Hall–Kier alpha value is -1.73. The van der Waals surface area contributed by atoms with E-state index in [9.17, 15) is 19.0 Å². The van der Waals surface area contributed by atoms with E-state index in [1.165, 1.54) is 122 Å². The molecule has 2 atom stereocenters. The number of carbonyl (C=O) groups is 2. The van der Waals surface area contributed by atoms with E-state index in [1.807, 2.05) is 0 Å². The molecule has 0 saturated heterocycles. The number of phosphoric ester groups is 1. The van der Waals surface area contributed by atoms with E-state index in [0.717, 1.165) is 64.9 Å². The van der Waals surface area contributed by atoms with Gasteiger partial charge in [0, 0.05) is 20.0 Å². The average Bonchev–Trinajstić information content (AvgIpc) is 3.16. The fourth-order valence-electron chi connectivity index (χ4n) is 6.26. The van der Waals surface area contributed by atoms with Crippen molar-refractivity contribution in [3.05, 3.63) is 36.5 Å². The van der Waals surface area contributed by atoms with Crippen molar-refractivity contribution in [1.29, 1.82) is 0 Å². The summed E-state index contributed by atoms with van der Waals surface area (Å²) in [7, 11) is -3.21. The van der Waals surface area contributed by atoms with Gasteiger partial charge in [0.05, 0.1) is 6.61 Å². The van der Waals surface area contributed by atoms with Gasteiger partial charge in [0.15, 0.2) is 6.10 Å². The number of hydrogen-bond donors (Lipinski definition) is 1.